The Labute approximate surface area is 101 Å². The van der Waals surface area contributed by atoms with Crippen LogP contribution in [0, 0.1) is 17.1 Å². The number of rotatable bonds is 0. The zero-order valence-electron chi connectivity index (χ0n) is 8.48. The van der Waals surface area contributed by atoms with E-state index >= 15 is 0 Å². The van der Waals surface area contributed by atoms with E-state index in [1.807, 2.05) is 6.07 Å². The molecule has 3 rings (SSSR count). The van der Waals surface area contributed by atoms with Crippen LogP contribution in [0.1, 0.15) is 5.56 Å². The monoisotopic (exact) mass is 245 g/mol. The van der Waals surface area contributed by atoms with Crippen molar-refractivity contribution in [2.24, 2.45) is 0 Å². The maximum Gasteiger partial charge on any atom is 0.123 e. The highest BCUT2D eigenvalue weighted by Crippen LogP contribution is 2.31. The lowest BCUT2D eigenvalue weighted by atomic mass is 10.1. The number of halogens is 2. The van der Waals surface area contributed by atoms with Crippen molar-refractivity contribution in [2.75, 3.05) is 0 Å². The second-order valence-corrected chi connectivity index (χ2v) is 3.98. The molecule has 0 amide bonds. The third-order valence-corrected chi connectivity index (χ3v) is 3.05. The SMILES string of the molecule is N#Cc1cncc2c3cc(F)ccc3n(Cl)c12. The second kappa shape index (κ2) is 3.44. The predicted octanol–water partition coefficient (Wildman–Crippen LogP) is 3.20. The smallest absolute Gasteiger partial charge is 0.123 e. The first-order valence-corrected chi connectivity index (χ1v) is 5.20. The van der Waals surface area contributed by atoms with Crippen LogP contribution in [0.4, 0.5) is 4.39 Å². The molecule has 0 bridgehead atoms. The molecular weight excluding hydrogens is 241 g/mol. The maximum atomic E-state index is 13.2. The summed E-state index contributed by atoms with van der Waals surface area (Å²) in [5.74, 6) is -0.343. The highest BCUT2D eigenvalue weighted by molar-refractivity contribution is 6.27. The fourth-order valence-electron chi connectivity index (χ4n) is 1.96. The largest absolute Gasteiger partial charge is 0.263 e. The van der Waals surface area contributed by atoms with E-state index in [1.165, 1.54) is 22.4 Å². The number of nitrogens with zero attached hydrogens (tertiary/aromatic N) is 3. The Morgan fingerprint density at radius 3 is 2.88 bits per heavy atom. The Morgan fingerprint density at radius 2 is 2.12 bits per heavy atom. The number of hydrogen-bond donors (Lipinski definition) is 0. The van der Waals surface area contributed by atoms with Crippen LogP contribution in [0.25, 0.3) is 21.8 Å². The van der Waals surface area contributed by atoms with Gasteiger partial charge >= 0.3 is 0 Å². The van der Waals surface area contributed by atoms with E-state index < -0.39 is 0 Å². The van der Waals surface area contributed by atoms with Crippen LogP contribution in [-0.4, -0.2) is 9.07 Å². The first-order chi connectivity index (χ1) is 8.22. The minimum atomic E-state index is -0.343. The molecule has 0 radical (unpaired) electrons. The Morgan fingerprint density at radius 1 is 1.29 bits per heavy atom. The molecule has 0 N–H and O–H groups in total. The minimum absolute atomic E-state index is 0.343. The minimum Gasteiger partial charge on any atom is -0.263 e. The molecule has 0 aliphatic heterocycles. The van der Waals surface area contributed by atoms with Gasteiger partial charge in [-0.1, -0.05) is 0 Å². The fraction of sp³-hybridized carbons (Fsp3) is 0. The normalized spacial score (nSPS) is 10.9. The van der Waals surface area contributed by atoms with Gasteiger partial charge in [-0.15, -0.1) is 0 Å². The number of pyridine rings is 1. The standard InChI is InChI=1S/C12H5ClFN3/c13-17-11-2-1-8(14)3-9(11)10-6-16-5-7(4-15)12(10)17/h1-3,5-6H. The predicted molar refractivity (Wildman–Crippen MR) is 63.2 cm³/mol. The third-order valence-electron chi connectivity index (χ3n) is 2.69. The molecule has 2 heterocycles. The van der Waals surface area contributed by atoms with Gasteiger partial charge in [0.25, 0.3) is 0 Å². The van der Waals surface area contributed by atoms with Crippen molar-refractivity contribution in [1.29, 1.82) is 5.26 Å². The summed E-state index contributed by atoms with van der Waals surface area (Å²) < 4.78 is 14.6. The summed E-state index contributed by atoms with van der Waals surface area (Å²) >= 11 is 6.14. The van der Waals surface area contributed by atoms with Crippen molar-refractivity contribution in [3.05, 3.63) is 42.0 Å². The first-order valence-electron chi connectivity index (χ1n) is 4.86. The molecule has 0 aliphatic rings. The van der Waals surface area contributed by atoms with E-state index in [-0.39, 0.29) is 5.82 Å². The van der Waals surface area contributed by atoms with Crippen molar-refractivity contribution in [3.8, 4) is 6.07 Å². The molecule has 0 saturated heterocycles. The second-order valence-electron chi connectivity index (χ2n) is 3.64. The Hall–Kier alpha value is -2.12. The van der Waals surface area contributed by atoms with E-state index in [1.54, 1.807) is 12.3 Å². The van der Waals surface area contributed by atoms with Gasteiger partial charge < -0.3 is 0 Å². The quantitative estimate of drug-likeness (QED) is 0.610. The van der Waals surface area contributed by atoms with Crippen LogP contribution in [0.5, 0.6) is 0 Å². The zero-order valence-corrected chi connectivity index (χ0v) is 9.24. The number of fused-ring (bicyclic) bond motifs is 3. The molecule has 1 aromatic carbocycles. The summed E-state index contributed by atoms with van der Waals surface area (Å²) in [6, 6.07) is 6.33. The van der Waals surface area contributed by atoms with Crippen LogP contribution in [0.2, 0.25) is 0 Å². The van der Waals surface area contributed by atoms with E-state index in [9.17, 15) is 4.39 Å². The summed E-state index contributed by atoms with van der Waals surface area (Å²) in [5.41, 5.74) is 1.59. The summed E-state index contributed by atoms with van der Waals surface area (Å²) in [6.07, 6.45) is 3.02. The number of benzene rings is 1. The maximum absolute atomic E-state index is 13.2. The van der Waals surface area contributed by atoms with Gasteiger partial charge in [0.15, 0.2) is 0 Å². The molecule has 5 heteroatoms. The average Bonchev–Trinajstić information content (AvgIpc) is 2.63. The molecule has 0 spiro atoms. The lowest BCUT2D eigenvalue weighted by molar-refractivity contribution is 0.630. The lowest BCUT2D eigenvalue weighted by Gasteiger charge is -1.95. The van der Waals surface area contributed by atoms with Crippen molar-refractivity contribution < 1.29 is 4.39 Å². The van der Waals surface area contributed by atoms with Crippen LogP contribution < -0.4 is 0 Å². The van der Waals surface area contributed by atoms with Crippen molar-refractivity contribution in [3.63, 3.8) is 0 Å². The van der Waals surface area contributed by atoms with Crippen LogP contribution in [-0.2, 0) is 0 Å². The van der Waals surface area contributed by atoms with Gasteiger partial charge in [0, 0.05) is 34.9 Å². The van der Waals surface area contributed by atoms with E-state index in [0.29, 0.717) is 27.4 Å². The average molecular weight is 246 g/mol. The van der Waals surface area contributed by atoms with E-state index in [4.69, 9.17) is 17.0 Å². The van der Waals surface area contributed by atoms with Gasteiger partial charge in [0.1, 0.15) is 11.9 Å². The van der Waals surface area contributed by atoms with Crippen molar-refractivity contribution in [1.82, 2.24) is 9.07 Å². The van der Waals surface area contributed by atoms with Crippen LogP contribution in [0.3, 0.4) is 0 Å². The van der Waals surface area contributed by atoms with Gasteiger partial charge in [-0.3, -0.25) is 9.07 Å². The van der Waals surface area contributed by atoms with Crippen molar-refractivity contribution >= 4 is 33.6 Å². The lowest BCUT2D eigenvalue weighted by Crippen LogP contribution is -1.85. The molecule has 3 aromatic rings. The van der Waals surface area contributed by atoms with Crippen LogP contribution in [0.15, 0.2) is 30.6 Å². The molecule has 0 saturated carbocycles. The van der Waals surface area contributed by atoms with E-state index in [2.05, 4.69) is 4.98 Å². The molecule has 0 atom stereocenters. The fourth-order valence-corrected chi connectivity index (χ4v) is 2.29. The summed E-state index contributed by atoms with van der Waals surface area (Å²) in [7, 11) is 0. The Balaban J connectivity index is 2.64. The van der Waals surface area contributed by atoms with E-state index in [0.717, 1.165) is 0 Å². The molecule has 17 heavy (non-hydrogen) atoms. The number of aromatic nitrogens is 2. The molecular formula is C12H5ClFN3. The highest BCUT2D eigenvalue weighted by atomic mass is 35.5. The molecule has 0 aliphatic carbocycles. The summed E-state index contributed by atoms with van der Waals surface area (Å²) in [4.78, 5) is 3.96. The van der Waals surface area contributed by atoms with Gasteiger partial charge in [-0.05, 0) is 18.2 Å². The van der Waals surface area contributed by atoms with Crippen molar-refractivity contribution in [2.45, 2.75) is 0 Å². The highest BCUT2D eigenvalue weighted by Gasteiger charge is 2.13. The molecule has 3 nitrogen and oxygen atoms in total. The first kappa shape index (κ1) is 10.1. The number of hydrogen-bond acceptors (Lipinski definition) is 2. The number of nitriles is 1. The molecule has 0 fully saturated rings. The molecule has 0 unspecified atom stereocenters. The Kier molecular flexibility index (Phi) is 2.03. The molecule has 82 valence electrons. The Bertz CT molecular complexity index is 786. The topological polar surface area (TPSA) is 41.6 Å². The summed E-state index contributed by atoms with van der Waals surface area (Å²) in [6.45, 7) is 0. The third kappa shape index (κ3) is 1.30. The molecule has 2 aromatic heterocycles. The van der Waals surface area contributed by atoms with Gasteiger partial charge in [0.2, 0.25) is 0 Å². The van der Waals surface area contributed by atoms with Crippen LogP contribution >= 0.6 is 11.8 Å². The van der Waals surface area contributed by atoms with Gasteiger partial charge in [-0.25, -0.2) is 4.39 Å². The summed E-state index contributed by atoms with van der Waals surface area (Å²) in [5, 5.41) is 10.3. The zero-order chi connectivity index (χ0) is 12.0. The van der Waals surface area contributed by atoms with Gasteiger partial charge in [0.05, 0.1) is 16.6 Å². The van der Waals surface area contributed by atoms with Gasteiger partial charge in [-0.2, -0.15) is 5.26 Å².